The van der Waals surface area contributed by atoms with Gasteiger partial charge in [-0.3, -0.25) is 0 Å². The van der Waals surface area contributed by atoms with Gasteiger partial charge in [-0.15, -0.1) is 0 Å². The number of aromatic nitrogens is 1. The van der Waals surface area contributed by atoms with Gasteiger partial charge in [0.1, 0.15) is 0 Å². The molecular weight excluding hydrogens is 322 g/mol. The Morgan fingerprint density at radius 3 is 2.54 bits per heavy atom. The summed E-state index contributed by atoms with van der Waals surface area (Å²) in [6, 6.07) is 22.5. The highest BCUT2D eigenvalue weighted by molar-refractivity contribution is 5.89. The van der Waals surface area contributed by atoms with Gasteiger partial charge in [-0.1, -0.05) is 48.0 Å². The highest BCUT2D eigenvalue weighted by atomic mass is 16.2. The molecule has 1 N–H and O–H groups in total. The Morgan fingerprint density at radius 1 is 1.00 bits per heavy atom. The Labute approximate surface area is 154 Å². The van der Waals surface area contributed by atoms with Crippen molar-refractivity contribution in [2.24, 2.45) is 0 Å². The molecule has 0 unspecified atom stereocenters. The van der Waals surface area contributed by atoms with Crippen LogP contribution in [0, 0.1) is 6.92 Å². The van der Waals surface area contributed by atoms with Crippen molar-refractivity contribution >= 4 is 11.7 Å². The van der Waals surface area contributed by atoms with Crippen LogP contribution in [0.15, 0.2) is 72.9 Å². The summed E-state index contributed by atoms with van der Waals surface area (Å²) in [5.41, 5.74) is 4.44. The summed E-state index contributed by atoms with van der Waals surface area (Å²) in [7, 11) is 0. The summed E-state index contributed by atoms with van der Waals surface area (Å²) < 4.78 is 2.25. The van der Waals surface area contributed by atoms with E-state index in [0.29, 0.717) is 6.54 Å². The highest BCUT2D eigenvalue weighted by Crippen LogP contribution is 2.30. The van der Waals surface area contributed by atoms with Crippen molar-refractivity contribution in [1.29, 1.82) is 0 Å². The Hall–Kier alpha value is -3.01. The molecule has 0 spiro atoms. The van der Waals surface area contributed by atoms with E-state index in [1.54, 1.807) is 0 Å². The van der Waals surface area contributed by atoms with E-state index in [4.69, 9.17) is 0 Å². The summed E-state index contributed by atoms with van der Waals surface area (Å²) in [6.45, 7) is 3.58. The third kappa shape index (κ3) is 3.36. The van der Waals surface area contributed by atoms with Gasteiger partial charge in [0, 0.05) is 30.7 Å². The number of nitrogens with zero attached hydrogens (tertiary/aromatic N) is 2. The fourth-order valence-corrected chi connectivity index (χ4v) is 3.59. The van der Waals surface area contributed by atoms with Gasteiger partial charge in [-0.05, 0) is 43.2 Å². The molecule has 0 saturated heterocycles. The lowest BCUT2D eigenvalue weighted by Crippen LogP contribution is -2.44. The number of anilines is 1. The monoisotopic (exact) mass is 345 g/mol. The third-order valence-electron chi connectivity index (χ3n) is 5.00. The Bertz CT molecular complexity index is 883. The SMILES string of the molecule is Cc1ccc(NC(=O)N2CCn3cccc3[C@@H]2Cc2ccccc2)cc1. The number of carbonyl (C=O) groups is 1. The predicted molar refractivity (Wildman–Crippen MR) is 104 cm³/mol. The number of amides is 2. The predicted octanol–water partition coefficient (Wildman–Crippen LogP) is 4.63. The van der Waals surface area contributed by atoms with Crippen molar-refractivity contribution in [2.75, 3.05) is 11.9 Å². The molecule has 0 radical (unpaired) electrons. The summed E-state index contributed by atoms with van der Waals surface area (Å²) in [6.07, 6.45) is 2.91. The molecule has 0 saturated carbocycles. The standard InChI is InChI=1S/C22H23N3O/c1-17-9-11-19(12-10-17)23-22(26)25-15-14-24-13-5-8-20(24)21(25)16-18-6-3-2-4-7-18/h2-13,21H,14-16H2,1H3,(H,23,26)/t21-/m0/s1. The quantitative estimate of drug-likeness (QED) is 0.738. The van der Waals surface area contributed by atoms with E-state index in [2.05, 4.69) is 40.3 Å². The first kappa shape index (κ1) is 16.5. The van der Waals surface area contributed by atoms with Crippen LogP contribution >= 0.6 is 0 Å². The smallest absolute Gasteiger partial charge is 0.322 e. The van der Waals surface area contributed by atoms with E-state index in [1.807, 2.05) is 54.3 Å². The number of aryl methyl sites for hydroxylation is 1. The van der Waals surface area contributed by atoms with Gasteiger partial charge in [0.25, 0.3) is 0 Å². The van der Waals surface area contributed by atoms with Crippen LogP contribution in [0.25, 0.3) is 0 Å². The van der Waals surface area contributed by atoms with Crippen molar-refractivity contribution in [3.05, 3.63) is 89.7 Å². The van der Waals surface area contributed by atoms with Gasteiger partial charge in [0.2, 0.25) is 0 Å². The Balaban J connectivity index is 1.58. The fourth-order valence-electron chi connectivity index (χ4n) is 3.59. The molecule has 1 aliphatic heterocycles. The van der Waals surface area contributed by atoms with Crippen LogP contribution in [-0.2, 0) is 13.0 Å². The molecule has 2 amide bonds. The highest BCUT2D eigenvalue weighted by Gasteiger charge is 2.31. The maximum atomic E-state index is 13.0. The van der Waals surface area contributed by atoms with Crippen LogP contribution in [0.3, 0.4) is 0 Å². The molecule has 4 nitrogen and oxygen atoms in total. The number of rotatable bonds is 3. The van der Waals surface area contributed by atoms with Crippen LogP contribution in [-0.4, -0.2) is 22.0 Å². The summed E-state index contributed by atoms with van der Waals surface area (Å²) >= 11 is 0. The van der Waals surface area contributed by atoms with Crippen molar-refractivity contribution in [2.45, 2.75) is 25.9 Å². The number of fused-ring (bicyclic) bond motifs is 1. The zero-order valence-corrected chi connectivity index (χ0v) is 14.9. The van der Waals surface area contributed by atoms with Crippen molar-refractivity contribution in [1.82, 2.24) is 9.47 Å². The molecule has 0 aliphatic carbocycles. The molecular formula is C22H23N3O. The molecule has 0 fully saturated rings. The van der Waals surface area contributed by atoms with E-state index in [9.17, 15) is 4.79 Å². The number of nitrogens with one attached hydrogen (secondary N) is 1. The number of carbonyl (C=O) groups excluding carboxylic acids is 1. The van der Waals surface area contributed by atoms with Gasteiger partial charge in [0.05, 0.1) is 6.04 Å². The molecule has 1 aliphatic rings. The summed E-state index contributed by atoms with van der Waals surface area (Å²) in [5, 5.41) is 3.06. The lowest BCUT2D eigenvalue weighted by Gasteiger charge is -2.37. The lowest BCUT2D eigenvalue weighted by molar-refractivity contribution is 0.167. The molecule has 4 heteroatoms. The minimum atomic E-state index is -0.0396. The van der Waals surface area contributed by atoms with Crippen molar-refractivity contribution in [3.63, 3.8) is 0 Å². The molecule has 132 valence electrons. The number of benzene rings is 2. The Kier molecular flexibility index (Phi) is 4.48. The fraction of sp³-hybridized carbons (Fsp3) is 0.227. The third-order valence-corrected chi connectivity index (χ3v) is 5.00. The average Bonchev–Trinajstić information content (AvgIpc) is 3.14. The van der Waals surface area contributed by atoms with Gasteiger partial charge in [-0.2, -0.15) is 0 Å². The maximum Gasteiger partial charge on any atom is 0.322 e. The summed E-state index contributed by atoms with van der Waals surface area (Å²) in [5.74, 6) is 0. The molecule has 3 aromatic rings. The van der Waals surface area contributed by atoms with Crippen LogP contribution in [0.4, 0.5) is 10.5 Å². The molecule has 4 rings (SSSR count). The van der Waals surface area contributed by atoms with Crippen LogP contribution in [0.2, 0.25) is 0 Å². The van der Waals surface area contributed by atoms with E-state index < -0.39 is 0 Å². The van der Waals surface area contributed by atoms with Gasteiger partial charge >= 0.3 is 6.03 Å². The molecule has 2 aromatic carbocycles. The number of hydrogen-bond donors (Lipinski definition) is 1. The number of urea groups is 1. The second-order valence-corrected chi connectivity index (χ2v) is 6.82. The zero-order chi connectivity index (χ0) is 17.9. The van der Waals surface area contributed by atoms with Gasteiger partial charge in [0.15, 0.2) is 0 Å². The van der Waals surface area contributed by atoms with E-state index in [-0.39, 0.29) is 12.1 Å². The lowest BCUT2D eigenvalue weighted by atomic mass is 10.0. The minimum Gasteiger partial charge on any atom is -0.348 e. The normalized spacial score (nSPS) is 16.2. The largest absolute Gasteiger partial charge is 0.348 e. The molecule has 2 heterocycles. The topological polar surface area (TPSA) is 37.3 Å². The molecule has 1 atom stereocenters. The average molecular weight is 345 g/mol. The maximum absolute atomic E-state index is 13.0. The first-order valence-electron chi connectivity index (χ1n) is 9.04. The van der Waals surface area contributed by atoms with Crippen molar-refractivity contribution < 1.29 is 4.79 Å². The Morgan fingerprint density at radius 2 is 1.77 bits per heavy atom. The molecule has 26 heavy (non-hydrogen) atoms. The van der Waals surface area contributed by atoms with Crippen LogP contribution in [0.5, 0.6) is 0 Å². The second-order valence-electron chi connectivity index (χ2n) is 6.82. The first-order chi connectivity index (χ1) is 12.7. The first-order valence-corrected chi connectivity index (χ1v) is 9.04. The van der Waals surface area contributed by atoms with E-state index in [0.717, 1.165) is 18.7 Å². The molecule has 0 bridgehead atoms. The van der Waals surface area contributed by atoms with E-state index >= 15 is 0 Å². The van der Waals surface area contributed by atoms with Crippen LogP contribution < -0.4 is 5.32 Å². The van der Waals surface area contributed by atoms with Gasteiger partial charge in [-0.25, -0.2) is 4.79 Å². The van der Waals surface area contributed by atoms with Crippen molar-refractivity contribution in [3.8, 4) is 0 Å². The zero-order valence-electron chi connectivity index (χ0n) is 14.9. The minimum absolute atomic E-state index is 0.0339. The number of hydrogen-bond acceptors (Lipinski definition) is 1. The summed E-state index contributed by atoms with van der Waals surface area (Å²) in [4.78, 5) is 15.0. The second kappa shape index (κ2) is 7.08. The molecule has 1 aromatic heterocycles. The van der Waals surface area contributed by atoms with Crippen LogP contribution in [0.1, 0.15) is 22.9 Å². The van der Waals surface area contributed by atoms with Gasteiger partial charge < -0.3 is 14.8 Å². The van der Waals surface area contributed by atoms with E-state index in [1.165, 1.54) is 16.8 Å².